The third kappa shape index (κ3) is 1.68. The molecule has 1 heterocycles. The molecule has 0 aliphatic carbocycles. The number of aliphatic hydroxyl groups is 1. The molecule has 0 spiro atoms. The number of nitrogens with one attached hydrogen (secondary N) is 1. The monoisotopic (exact) mass is 144 g/mol. The summed E-state index contributed by atoms with van der Waals surface area (Å²) in [6.07, 6.45) is 1.03. The third-order valence-electron chi connectivity index (χ3n) is 2.12. The number of hydrogen-bond donors (Lipinski definition) is 3. The molecule has 60 valence electrons. The zero-order valence-electron chi connectivity index (χ0n) is 6.38. The summed E-state index contributed by atoms with van der Waals surface area (Å²) in [5.74, 6) is 0.651. The smallest absolute Gasteiger partial charge is 0.0599 e. The number of nitrogens with two attached hydrogens (primary N) is 1. The van der Waals surface area contributed by atoms with E-state index in [0.29, 0.717) is 5.92 Å². The first-order valence-electron chi connectivity index (χ1n) is 3.84. The number of rotatable bonds is 1. The largest absolute Gasteiger partial charge is 0.395 e. The van der Waals surface area contributed by atoms with Crippen LogP contribution in [0.2, 0.25) is 0 Å². The van der Waals surface area contributed by atoms with Crippen LogP contribution in [0.1, 0.15) is 13.3 Å². The van der Waals surface area contributed by atoms with Crippen molar-refractivity contribution in [2.75, 3.05) is 13.2 Å². The van der Waals surface area contributed by atoms with Crippen molar-refractivity contribution in [3.05, 3.63) is 0 Å². The van der Waals surface area contributed by atoms with Gasteiger partial charge in [-0.25, -0.2) is 0 Å². The predicted octanol–water partition coefficient (Wildman–Crippen LogP) is -0.696. The van der Waals surface area contributed by atoms with Gasteiger partial charge in [0.25, 0.3) is 0 Å². The minimum absolute atomic E-state index is 0.121. The lowest BCUT2D eigenvalue weighted by Crippen LogP contribution is -2.53. The van der Waals surface area contributed by atoms with Crippen molar-refractivity contribution < 1.29 is 5.11 Å². The summed E-state index contributed by atoms with van der Waals surface area (Å²) in [4.78, 5) is 0. The van der Waals surface area contributed by atoms with Gasteiger partial charge in [-0.15, -0.1) is 0 Å². The summed E-state index contributed by atoms with van der Waals surface area (Å²) in [7, 11) is 0. The van der Waals surface area contributed by atoms with Crippen LogP contribution in [0.25, 0.3) is 0 Å². The van der Waals surface area contributed by atoms with Gasteiger partial charge in [-0.05, 0) is 18.9 Å². The lowest BCUT2D eigenvalue weighted by atomic mass is 9.92. The van der Waals surface area contributed by atoms with E-state index < -0.39 is 0 Å². The first-order valence-corrected chi connectivity index (χ1v) is 3.84. The van der Waals surface area contributed by atoms with Crippen molar-refractivity contribution in [3.63, 3.8) is 0 Å². The molecule has 1 fully saturated rings. The Morgan fingerprint density at radius 2 is 2.40 bits per heavy atom. The first-order chi connectivity index (χ1) is 4.74. The molecular weight excluding hydrogens is 128 g/mol. The average molecular weight is 144 g/mol. The molecular formula is C7H16N2O. The van der Waals surface area contributed by atoms with Crippen LogP contribution in [0.15, 0.2) is 0 Å². The van der Waals surface area contributed by atoms with Crippen LogP contribution in [0.3, 0.4) is 0 Å². The summed E-state index contributed by atoms with van der Waals surface area (Å²) in [5, 5.41) is 12.0. The van der Waals surface area contributed by atoms with Crippen LogP contribution in [0.5, 0.6) is 0 Å². The maximum absolute atomic E-state index is 8.81. The van der Waals surface area contributed by atoms with Crippen LogP contribution < -0.4 is 11.1 Å². The van der Waals surface area contributed by atoms with E-state index in [1.54, 1.807) is 0 Å². The van der Waals surface area contributed by atoms with E-state index in [9.17, 15) is 0 Å². The van der Waals surface area contributed by atoms with Gasteiger partial charge in [0.05, 0.1) is 6.61 Å². The summed E-state index contributed by atoms with van der Waals surface area (Å²) < 4.78 is 0. The lowest BCUT2D eigenvalue weighted by molar-refractivity contribution is 0.184. The van der Waals surface area contributed by atoms with Gasteiger partial charge in [0.1, 0.15) is 0 Å². The van der Waals surface area contributed by atoms with E-state index >= 15 is 0 Å². The van der Waals surface area contributed by atoms with Gasteiger partial charge in [0.2, 0.25) is 0 Å². The molecule has 3 heteroatoms. The molecule has 4 N–H and O–H groups in total. The van der Waals surface area contributed by atoms with E-state index in [0.717, 1.165) is 13.0 Å². The number of aliphatic hydroxyl groups excluding tert-OH is 1. The minimum Gasteiger partial charge on any atom is -0.395 e. The van der Waals surface area contributed by atoms with Gasteiger partial charge in [-0.1, -0.05) is 6.92 Å². The molecule has 1 aliphatic rings. The Balaban J connectivity index is 2.36. The predicted molar refractivity (Wildman–Crippen MR) is 40.6 cm³/mol. The zero-order valence-corrected chi connectivity index (χ0v) is 6.38. The second kappa shape index (κ2) is 3.32. The molecule has 0 aromatic heterocycles. The van der Waals surface area contributed by atoms with Gasteiger partial charge in [-0.3, -0.25) is 0 Å². The van der Waals surface area contributed by atoms with Crippen LogP contribution in [0, 0.1) is 5.92 Å². The molecule has 0 aromatic carbocycles. The van der Waals surface area contributed by atoms with Gasteiger partial charge in [-0.2, -0.15) is 0 Å². The Morgan fingerprint density at radius 1 is 1.70 bits per heavy atom. The van der Waals surface area contributed by atoms with Crippen molar-refractivity contribution in [2.45, 2.75) is 25.4 Å². The third-order valence-corrected chi connectivity index (χ3v) is 2.12. The maximum Gasteiger partial charge on any atom is 0.0599 e. The fourth-order valence-corrected chi connectivity index (χ4v) is 1.42. The highest BCUT2D eigenvalue weighted by Crippen LogP contribution is 2.11. The number of piperidine rings is 1. The Morgan fingerprint density at radius 3 is 2.90 bits per heavy atom. The fourth-order valence-electron chi connectivity index (χ4n) is 1.42. The molecule has 1 aliphatic heterocycles. The van der Waals surface area contributed by atoms with E-state index in [-0.39, 0.29) is 18.7 Å². The first kappa shape index (κ1) is 7.98. The quantitative estimate of drug-likeness (QED) is 0.456. The highest BCUT2D eigenvalue weighted by Gasteiger charge is 2.23. The topological polar surface area (TPSA) is 58.3 Å². The summed E-state index contributed by atoms with van der Waals surface area (Å²) in [6.45, 7) is 3.31. The van der Waals surface area contributed by atoms with Crippen LogP contribution in [0.4, 0.5) is 0 Å². The molecule has 0 aromatic rings. The van der Waals surface area contributed by atoms with E-state index in [4.69, 9.17) is 10.8 Å². The average Bonchev–Trinajstić information content (AvgIpc) is 1.88. The molecule has 0 radical (unpaired) electrons. The highest BCUT2D eigenvalue weighted by molar-refractivity contribution is 4.85. The molecule has 1 saturated heterocycles. The maximum atomic E-state index is 8.81. The molecule has 3 nitrogen and oxygen atoms in total. The summed E-state index contributed by atoms with van der Waals surface area (Å²) in [6, 6.07) is 0.255. The second-order valence-corrected chi connectivity index (χ2v) is 3.20. The van der Waals surface area contributed by atoms with Crippen molar-refractivity contribution >= 4 is 0 Å². The molecule has 0 unspecified atom stereocenters. The molecule has 10 heavy (non-hydrogen) atoms. The number of hydrogen-bond acceptors (Lipinski definition) is 3. The molecule has 1 rings (SSSR count). The van der Waals surface area contributed by atoms with Crippen molar-refractivity contribution in [3.8, 4) is 0 Å². The Kier molecular flexibility index (Phi) is 2.65. The van der Waals surface area contributed by atoms with Gasteiger partial charge in [0.15, 0.2) is 0 Å². The second-order valence-electron chi connectivity index (χ2n) is 3.20. The zero-order chi connectivity index (χ0) is 7.56. The molecule has 0 amide bonds. The van der Waals surface area contributed by atoms with Crippen molar-refractivity contribution in [1.82, 2.24) is 5.32 Å². The fraction of sp³-hybridized carbons (Fsp3) is 1.00. The Bertz CT molecular complexity index is 108. The standard InChI is InChI=1S/C7H16N2O/c1-5-2-6(8)7(4-10)9-3-5/h5-7,9-10H,2-4,8H2,1H3/t5-,6+,7+/m0/s1. The normalized spacial score (nSPS) is 41.7. The van der Waals surface area contributed by atoms with Crippen molar-refractivity contribution in [2.24, 2.45) is 11.7 Å². The van der Waals surface area contributed by atoms with E-state index in [2.05, 4.69) is 12.2 Å². The van der Waals surface area contributed by atoms with Crippen LogP contribution in [-0.4, -0.2) is 30.3 Å². The molecule has 0 bridgehead atoms. The molecule has 0 saturated carbocycles. The molecule has 3 atom stereocenters. The summed E-state index contributed by atoms with van der Waals surface area (Å²) >= 11 is 0. The SMILES string of the molecule is C[C@@H]1CN[C@H](CO)[C@H](N)C1. The van der Waals surface area contributed by atoms with Crippen molar-refractivity contribution in [1.29, 1.82) is 0 Å². The van der Waals surface area contributed by atoms with Gasteiger partial charge in [0, 0.05) is 12.1 Å². The van der Waals surface area contributed by atoms with E-state index in [1.807, 2.05) is 0 Å². The highest BCUT2D eigenvalue weighted by atomic mass is 16.3. The minimum atomic E-state index is 0.121. The summed E-state index contributed by atoms with van der Waals surface area (Å²) in [5.41, 5.74) is 5.76. The van der Waals surface area contributed by atoms with Crippen LogP contribution in [-0.2, 0) is 0 Å². The van der Waals surface area contributed by atoms with Gasteiger partial charge >= 0.3 is 0 Å². The lowest BCUT2D eigenvalue weighted by Gasteiger charge is -2.32. The van der Waals surface area contributed by atoms with Gasteiger partial charge < -0.3 is 16.2 Å². The van der Waals surface area contributed by atoms with Crippen LogP contribution >= 0.6 is 0 Å². The Labute approximate surface area is 61.6 Å². The van der Waals surface area contributed by atoms with E-state index in [1.165, 1.54) is 0 Å². The Hall–Kier alpha value is -0.120.